The predicted octanol–water partition coefficient (Wildman–Crippen LogP) is 3.44. The Kier molecular flexibility index (Phi) is 8.25. The van der Waals surface area contributed by atoms with E-state index in [1.165, 1.54) is 30.3 Å². The van der Waals surface area contributed by atoms with Gasteiger partial charge in [-0.1, -0.05) is 24.6 Å². The molecule has 0 fully saturated rings. The van der Waals surface area contributed by atoms with Crippen LogP contribution in [-0.2, 0) is 14.3 Å². The monoisotopic (exact) mass is 491 g/mol. The molecule has 36 heavy (non-hydrogen) atoms. The van der Waals surface area contributed by atoms with Crippen molar-refractivity contribution >= 4 is 35.5 Å². The molecule has 1 heterocycles. The van der Waals surface area contributed by atoms with E-state index in [1.54, 1.807) is 24.3 Å². The number of carbonyl (C=O) groups excluding carboxylic acids is 4. The van der Waals surface area contributed by atoms with Crippen molar-refractivity contribution < 1.29 is 33.6 Å². The number of ether oxygens (including phenoxy) is 2. The Morgan fingerprint density at radius 3 is 2.56 bits per heavy atom. The summed E-state index contributed by atoms with van der Waals surface area (Å²) in [5, 5.41) is 20.2. The number of hydrogen-bond donors (Lipinski definition) is 0. The molecule has 1 aliphatic rings. The number of nitrogens with zero attached hydrogens (tertiary/aromatic N) is 3. The van der Waals surface area contributed by atoms with Crippen molar-refractivity contribution in [3.63, 3.8) is 0 Å². The van der Waals surface area contributed by atoms with E-state index >= 15 is 0 Å². The van der Waals surface area contributed by atoms with Crippen molar-refractivity contribution in [2.24, 2.45) is 0 Å². The van der Waals surface area contributed by atoms with E-state index in [9.17, 15) is 29.3 Å². The molecule has 0 bridgehead atoms. The smallest absolute Gasteiger partial charge is 0.348 e. The minimum Gasteiger partial charge on any atom is -0.465 e. The lowest BCUT2D eigenvalue weighted by Crippen LogP contribution is -2.30. The number of unbranched alkanes of at least 4 members (excludes halogenated alkanes) is 2. The first kappa shape index (κ1) is 25.8. The van der Waals surface area contributed by atoms with Crippen LogP contribution in [0.4, 0.5) is 5.69 Å². The van der Waals surface area contributed by atoms with Crippen LogP contribution in [0.5, 0.6) is 5.75 Å². The third-order valence-corrected chi connectivity index (χ3v) is 5.36. The number of methoxy groups -OCH3 is 1. The largest absolute Gasteiger partial charge is 0.465 e. The molecule has 0 unspecified atom stereocenters. The minimum absolute atomic E-state index is 0.0170. The molecule has 0 atom stereocenters. The highest BCUT2D eigenvalue weighted by atomic mass is 16.6. The average Bonchev–Trinajstić information content (AvgIpc) is 3.11. The van der Waals surface area contributed by atoms with Gasteiger partial charge in [-0.3, -0.25) is 29.4 Å². The molecule has 0 spiro atoms. The number of nitro benzene ring substituents is 1. The summed E-state index contributed by atoms with van der Waals surface area (Å²) in [6.07, 6.45) is 2.76. The summed E-state index contributed by atoms with van der Waals surface area (Å²) in [5.74, 6) is -2.30. The Balaban J connectivity index is 1.48. The fourth-order valence-electron chi connectivity index (χ4n) is 3.65. The molecule has 0 aliphatic carbocycles. The summed E-state index contributed by atoms with van der Waals surface area (Å²) in [7, 11) is 1.16. The predicted molar refractivity (Wildman–Crippen MR) is 125 cm³/mol. The molecular weight excluding hydrogens is 470 g/mol. The van der Waals surface area contributed by atoms with Gasteiger partial charge in [0.25, 0.3) is 17.5 Å². The Morgan fingerprint density at radius 1 is 1.11 bits per heavy atom. The van der Waals surface area contributed by atoms with Crippen molar-refractivity contribution in [3.05, 3.63) is 74.8 Å². The van der Waals surface area contributed by atoms with Crippen LogP contribution in [0.3, 0.4) is 0 Å². The first-order valence-corrected chi connectivity index (χ1v) is 10.9. The summed E-state index contributed by atoms with van der Waals surface area (Å²) in [6, 6.07) is 12.0. The summed E-state index contributed by atoms with van der Waals surface area (Å²) < 4.78 is 9.83. The van der Waals surface area contributed by atoms with Gasteiger partial charge in [-0.25, -0.2) is 4.79 Å². The molecule has 0 aromatic heterocycles. The van der Waals surface area contributed by atoms with Crippen molar-refractivity contribution in [1.29, 1.82) is 5.26 Å². The van der Waals surface area contributed by atoms with Gasteiger partial charge < -0.3 is 9.47 Å². The second-order valence-corrected chi connectivity index (χ2v) is 7.74. The number of hydrogen-bond acceptors (Lipinski definition) is 9. The van der Waals surface area contributed by atoms with Gasteiger partial charge >= 0.3 is 11.9 Å². The number of fused-ring (bicyclic) bond motifs is 1. The maximum atomic E-state index is 12.6. The fourth-order valence-corrected chi connectivity index (χ4v) is 3.65. The third-order valence-electron chi connectivity index (χ3n) is 5.36. The molecule has 184 valence electrons. The van der Waals surface area contributed by atoms with Gasteiger partial charge in [-0.15, -0.1) is 0 Å². The number of amides is 2. The van der Waals surface area contributed by atoms with Gasteiger partial charge in [-0.2, -0.15) is 5.26 Å². The van der Waals surface area contributed by atoms with E-state index in [1.807, 2.05) is 0 Å². The zero-order valence-electron chi connectivity index (χ0n) is 19.3. The van der Waals surface area contributed by atoms with Crippen LogP contribution < -0.4 is 4.74 Å². The molecule has 11 heteroatoms. The molecule has 0 saturated heterocycles. The van der Waals surface area contributed by atoms with Gasteiger partial charge in [0, 0.05) is 19.0 Å². The van der Waals surface area contributed by atoms with E-state index in [4.69, 9.17) is 10.00 Å². The zero-order chi connectivity index (χ0) is 26.2. The first-order valence-electron chi connectivity index (χ1n) is 10.9. The van der Waals surface area contributed by atoms with Gasteiger partial charge in [0.1, 0.15) is 23.0 Å². The average molecular weight is 491 g/mol. The molecule has 3 rings (SSSR count). The lowest BCUT2D eigenvalue weighted by atomic mass is 10.1. The number of esters is 2. The van der Waals surface area contributed by atoms with Crippen molar-refractivity contribution in [2.45, 2.75) is 25.7 Å². The fraction of sp³-hybridized carbons (Fsp3) is 0.240. The van der Waals surface area contributed by atoms with Crippen LogP contribution in [0.1, 0.15) is 52.0 Å². The molecule has 0 N–H and O–H groups in total. The standard InChI is InChI=1S/C25H21N3O8/c1-35-25(32)17(15-26)13-16-7-5-8-18(14-16)36-21(29)11-3-2-4-12-27-23(30)19-9-6-10-20(28(33)34)22(19)24(27)31/h5-10,13-14H,2-4,11-12H2,1H3/b17-13+. The van der Waals surface area contributed by atoms with Crippen molar-refractivity contribution in [2.75, 3.05) is 13.7 Å². The molecule has 2 aromatic carbocycles. The molecule has 2 amide bonds. The van der Waals surface area contributed by atoms with Crippen LogP contribution in [0.25, 0.3) is 6.08 Å². The number of carbonyl (C=O) groups is 4. The Hall–Kier alpha value is -4.85. The summed E-state index contributed by atoms with van der Waals surface area (Å²) in [5.41, 5.74) is -0.299. The molecule has 0 saturated carbocycles. The number of imide groups is 1. The summed E-state index contributed by atoms with van der Waals surface area (Å²) in [4.78, 5) is 60.2. The zero-order valence-corrected chi connectivity index (χ0v) is 19.3. The van der Waals surface area contributed by atoms with Crippen LogP contribution >= 0.6 is 0 Å². The van der Waals surface area contributed by atoms with Crippen molar-refractivity contribution in [1.82, 2.24) is 4.90 Å². The van der Waals surface area contributed by atoms with Gasteiger partial charge in [0.15, 0.2) is 0 Å². The maximum absolute atomic E-state index is 12.6. The topological polar surface area (TPSA) is 157 Å². The highest BCUT2D eigenvalue weighted by Crippen LogP contribution is 2.30. The Labute approximate surface area is 205 Å². The van der Waals surface area contributed by atoms with Crippen LogP contribution in [0.2, 0.25) is 0 Å². The first-order chi connectivity index (χ1) is 17.3. The molecule has 1 aliphatic heterocycles. The van der Waals surface area contributed by atoms with E-state index in [0.29, 0.717) is 24.8 Å². The second-order valence-electron chi connectivity index (χ2n) is 7.74. The lowest BCUT2D eigenvalue weighted by molar-refractivity contribution is -0.385. The molecular formula is C25H21N3O8. The number of nitro groups is 1. The van der Waals surface area contributed by atoms with Crippen LogP contribution in [-0.4, -0.2) is 47.2 Å². The highest BCUT2D eigenvalue weighted by Gasteiger charge is 2.40. The highest BCUT2D eigenvalue weighted by molar-refractivity contribution is 6.23. The quantitative estimate of drug-likeness (QED) is 0.0709. The molecule has 0 radical (unpaired) electrons. The van der Waals surface area contributed by atoms with E-state index < -0.39 is 34.4 Å². The molecule has 11 nitrogen and oxygen atoms in total. The summed E-state index contributed by atoms with van der Waals surface area (Å²) >= 11 is 0. The Bertz CT molecular complexity index is 1310. The van der Waals surface area contributed by atoms with Gasteiger partial charge in [0.2, 0.25) is 0 Å². The van der Waals surface area contributed by atoms with E-state index in [0.717, 1.165) is 12.0 Å². The normalized spacial score (nSPS) is 12.7. The van der Waals surface area contributed by atoms with Gasteiger partial charge in [-0.05, 0) is 42.7 Å². The second kappa shape index (κ2) is 11.5. The minimum atomic E-state index is -0.778. The number of rotatable bonds is 10. The molecule has 2 aromatic rings. The van der Waals surface area contributed by atoms with Crippen LogP contribution in [0.15, 0.2) is 48.0 Å². The van der Waals surface area contributed by atoms with E-state index in [2.05, 4.69) is 4.74 Å². The number of benzene rings is 2. The third kappa shape index (κ3) is 5.79. The number of nitriles is 1. The van der Waals surface area contributed by atoms with Crippen LogP contribution in [0, 0.1) is 21.4 Å². The Morgan fingerprint density at radius 2 is 1.86 bits per heavy atom. The maximum Gasteiger partial charge on any atom is 0.348 e. The SMILES string of the molecule is COC(=O)/C(C#N)=C/c1cccc(OC(=O)CCCCCN2C(=O)c3cccc([N+](=O)[O-])c3C2=O)c1. The lowest BCUT2D eigenvalue weighted by Gasteiger charge is -2.13. The van der Waals surface area contributed by atoms with Gasteiger partial charge in [0.05, 0.1) is 17.6 Å². The van der Waals surface area contributed by atoms with E-state index in [-0.39, 0.29) is 35.4 Å². The van der Waals surface area contributed by atoms with Crippen molar-refractivity contribution in [3.8, 4) is 11.8 Å². The summed E-state index contributed by atoms with van der Waals surface area (Å²) in [6.45, 7) is 0.0777.